The van der Waals surface area contributed by atoms with Gasteiger partial charge in [-0.1, -0.05) is 39.6 Å². The Kier molecular flexibility index (Phi) is 13.5. The molecule has 3 heterocycles. The van der Waals surface area contributed by atoms with Gasteiger partial charge in [0.2, 0.25) is 23.6 Å². The number of carbonyl (C=O) groups is 2. The number of anilines is 1. The Balaban J connectivity index is 1.58. The molecule has 11 N–H and O–H groups in total. The lowest BCUT2D eigenvalue weighted by Crippen LogP contribution is -2.46. The predicted molar refractivity (Wildman–Crippen MR) is 168 cm³/mol. The summed E-state index contributed by atoms with van der Waals surface area (Å²) in [6, 6.07) is 0. The molecule has 7 unspecified atom stereocenters. The summed E-state index contributed by atoms with van der Waals surface area (Å²) in [4.78, 5) is 74.0. The minimum absolute atomic E-state index is 0.0206. The fourth-order valence-corrected chi connectivity index (χ4v) is 7.19. The summed E-state index contributed by atoms with van der Waals surface area (Å²) in [6.45, 7) is 6.64. The van der Waals surface area contributed by atoms with Crippen molar-refractivity contribution in [2.75, 3.05) is 32.0 Å². The molecule has 0 spiro atoms. The molecular formula is C24H43N7O16P3+. The molecule has 26 heteroatoms. The lowest BCUT2D eigenvalue weighted by Gasteiger charge is -2.30. The smallest absolute Gasteiger partial charge is 0.384 e. The Hall–Kier alpha value is -2.46. The molecule has 1 aliphatic rings. The topological polar surface area (TPSA) is 348 Å². The van der Waals surface area contributed by atoms with Crippen LogP contribution in [0.4, 0.5) is 5.82 Å². The third-order valence-corrected chi connectivity index (χ3v) is 10.1. The zero-order valence-electron chi connectivity index (χ0n) is 27.6. The number of amides is 2. The van der Waals surface area contributed by atoms with E-state index in [0.717, 1.165) is 6.33 Å². The van der Waals surface area contributed by atoms with Crippen LogP contribution in [0.5, 0.6) is 0 Å². The van der Waals surface area contributed by atoms with E-state index in [4.69, 9.17) is 19.5 Å². The van der Waals surface area contributed by atoms with Crippen LogP contribution in [0.1, 0.15) is 47.3 Å². The van der Waals surface area contributed by atoms with Crippen LogP contribution < -0.4 is 20.9 Å². The van der Waals surface area contributed by atoms with Gasteiger partial charge in [0.05, 0.1) is 13.2 Å². The highest BCUT2D eigenvalue weighted by molar-refractivity contribution is 7.61. The molecule has 1 saturated heterocycles. The molecule has 3 rings (SSSR count). The number of hydrogen-bond acceptors (Lipinski definition) is 15. The van der Waals surface area contributed by atoms with E-state index in [1.54, 1.807) is 0 Å². The summed E-state index contributed by atoms with van der Waals surface area (Å²) in [7, 11) is -16.3. The average molecular weight is 779 g/mol. The van der Waals surface area contributed by atoms with Crippen molar-refractivity contribution in [1.29, 1.82) is 0 Å². The minimum Gasteiger partial charge on any atom is -0.384 e. The number of nitrogen functional groups attached to an aromatic ring is 1. The number of rotatable bonds is 17. The highest BCUT2D eigenvalue weighted by atomic mass is 31.3. The van der Waals surface area contributed by atoms with Crippen molar-refractivity contribution in [3.05, 3.63) is 12.7 Å². The molecule has 2 amide bonds. The number of nitrogens with two attached hydrogens (primary N) is 1. The fourth-order valence-electron chi connectivity index (χ4n) is 4.36. The van der Waals surface area contributed by atoms with Gasteiger partial charge in [-0.2, -0.15) is 9.29 Å². The van der Waals surface area contributed by atoms with Gasteiger partial charge in [-0.25, -0.2) is 18.3 Å². The predicted octanol–water partition coefficient (Wildman–Crippen LogP) is -1.13. The van der Waals surface area contributed by atoms with Crippen LogP contribution in [0.2, 0.25) is 0 Å². The van der Waals surface area contributed by atoms with Crippen molar-refractivity contribution < 1.29 is 80.3 Å². The Morgan fingerprint density at radius 3 is 2.34 bits per heavy atom. The number of H-pyrrole nitrogens is 1. The Morgan fingerprint density at radius 1 is 1.08 bits per heavy atom. The molecule has 0 radical (unpaired) electrons. The molecule has 0 aliphatic carbocycles. The van der Waals surface area contributed by atoms with E-state index in [9.17, 15) is 53.1 Å². The Bertz CT molecular complexity index is 1660. The number of phosphoric acid groups is 3. The van der Waals surface area contributed by atoms with Crippen molar-refractivity contribution >= 4 is 52.3 Å². The summed E-state index contributed by atoms with van der Waals surface area (Å²) in [5.41, 5.74) is 4.37. The van der Waals surface area contributed by atoms with Gasteiger partial charge in [-0.05, 0) is 5.41 Å². The first-order chi connectivity index (χ1) is 22.8. The average Bonchev–Trinajstić information content (AvgIpc) is 3.53. The van der Waals surface area contributed by atoms with Gasteiger partial charge in [0.1, 0.15) is 24.4 Å². The maximum absolute atomic E-state index is 12.6. The first-order valence-corrected chi connectivity index (χ1v) is 19.3. The highest BCUT2D eigenvalue weighted by Crippen LogP contribution is 2.61. The van der Waals surface area contributed by atoms with Gasteiger partial charge >= 0.3 is 29.1 Å². The van der Waals surface area contributed by atoms with Crippen LogP contribution in [0.3, 0.4) is 0 Å². The number of nitrogens with zero attached hydrogens (tertiary/aromatic N) is 3. The van der Waals surface area contributed by atoms with E-state index >= 15 is 0 Å². The molecule has 7 atom stereocenters. The summed E-state index contributed by atoms with van der Waals surface area (Å²) in [5, 5.41) is 26.4. The number of aromatic amines is 1. The molecule has 50 heavy (non-hydrogen) atoms. The maximum Gasteiger partial charge on any atom is 0.481 e. The number of phosphoric ester groups is 3. The van der Waals surface area contributed by atoms with E-state index in [0.29, 0.717) is 6.54 Å². The zero-order chi connectivity index (χ0) is 37.9. The van der Waals surface area contributed by atoms with Crippen molar-refractivity contribution in [2.24, 2.45) is 10.8 Å². The number of nitrogens with one attached hydrogen (secondary N) is 3. The molecular weight excluding hydrogens is 735 g/mol. The molecule has 2 aromatic rings. The third-order valence-electron chi connectivity index (χ3n) is 6.96. The number of aliphatic hydroxyl groups excluding tert-OH is 2. The van der Waals surface area contributed by atoms with Gasteiger partial charge in [-0.3, -0.25) is 28.1 Å². The molecule has 0 saturated carbocycles. The molecule has 1 aliphatic heterocycles. The number of hydrogen-bond donors (Lipinski definition) is 10. The largest absolute Gasteiger partial charge is 0.481 e. The number of fused-ring (bicyclic) bond motifs is 1. The zero-order valence-corrected chi connectivity index (χ0v) is 30.3. The monoisotopic (exact) mass is 778 g/mol. The number of aliphatic hydroxyl groups is 2. The molecule has 2 aromatic heterocycles. The van der Waals surface area contributed by atoms with E-state index in [1.165, 1.54) is 24.7 Å². The second-order valence-corrected chi connectivity index (χ2v) is 17.3. The Labute approximate surface area is 285 Å². The van der Waals surface area contributed by atoms with Gasteiger partial charge in [-0.15, -0.1) is 0 Å². The van der Waals surface area contributed by atoms with Crippen LogP contribution in [-0.4, -0.2) is 107 Å². The summed E-state index contributed by atoms with van der Waals surface area (Å²) < 4.78 is 62.0. The Morgan fingerprint density at radius 2 is 1.72 bits per heavy atom. The third kappa shape index (κ3) is 12.1. The molecule has 284 valence electrons. The molecule has 0 aromatic carbocycles. The van der Waals surface area contributed by atoms with Crippen molar-refractivity contribution in [3.8, 4) is 0 Å². The molecule has 23 nitrogen and oxygen atoms in total. The lowest BCUT2D eigenvalue weighted by atomic mass is 9.87. The number of carbonyl (C=O) groups excluding carboxylic acids is 2. The van der Waals surface area contributed by atoms with E-state index in [1.807, 2.05) is 20.8 Å². The van der Waals surface area contributed by atoms with Gasteiger partial charge in [0, 0.05) is 24.9 Å². The van der Waals surface area contributed by atoms with Crippen LogP contribution in [0.15, 0.2) is 12.7 Å². The van der Waals surface area contributed by atoms with E-state index in [2.05, 4.69) is 34.4 Å². The van der Waals surface area contributed by atoms with Crippen LogP contribution in [0.25, 0.3) is 11.2 Å². The van der Waals surface area contributed by atoms with E-state index < -0.39 is 78.6 Å². The van der Waals surface area contributed by atoms with Crippen molar-refractivity contribution in [2.45, 2.75) is 71.7 Å². The van der Waals surface area contributed by atoms with Crippen LogP contribution >= 0.6 is 23.5 Å². The van der Waals surface area contributed by atoms with Crippen LogP contribution in [-0.2, 0) is 45.9 Å². The SMILES string of the molecule is CC(C)(C)CNC(=O)CCNC(=O)C(O)C(C)(C)COP(=O)(O)OP(=O)(O)OCC1OC([n+]2c[nH]c3c(N)ncnc32)C(O)C1OP(=O)(O)O. The first kappa shape index (κ1) is 42.0. The fraction of sp³-hybridized carbons (Fsp3) is 0.708. The van der Waals surface area contributed by atoms with Crippen molar-refractivity contribution in [1.82, 2.24) is 25.6 Å². The maximum atomic E-state index is 12.6. The number of aromatic nitrogens is 4. The minimum atomic E-state index is -5.53. The normalized spacial score (nSPS) is 23.3. The highest BCUT2D eigenvalue weighted by Gasteiger charge is 2.52. The molecule has 1 fully saturated rings. The first-order valence-electron chi connectivity index (χ1n) is 14.8. The summed E-state index contributed by atoms with van der Waals surface area (Å²) in [5.74, 6) is -1.24. The lowest BCUT2D eigenvalue weighted by molar-refractivity contribution is -0.745. The number of ether oxygens (including phenoxy) is 1. The van der Waals surface area contributed by atoms with Gasteiger partial charge in [0.25, 0.3) is 0 Å². The summed E-state index contributed by atoms with van der Waals surface area (Å²) in [6.07, 6.45) is -6.49. The quantitative estimate of drug-likeness (QED) is 0.0671. The van der Waals surface area contributed by atoms with Gasteiger partial charge in [0.15, 0.2) is 18.5 Å². The second-order valence-electron chi connectivity index (χ2n) is 13.1. The second kappa shape index (κ2) is 16.1. The number of imidazole rings is 1. The van der Waals surface area contributed by atoms with Crippen LogP contribution in [0, 0.1) is 10.8 Å². The molecule has 0 bridgehead atoms. The standard InChI is InChI=1S/C24H42N7O16P3/c1-23(2,3)9-27-14(32)6-7-26-21(35)18(34)24(4,5)10-44-50(41,42)47-49(39,40)43-8-13-17(46-48(36,37)38)16(33)22(45-13)31-12-30-15-19(25)28-11-29-20(15)31/h11-13,16-18,22,33-34H,6-10H2,1-5H3,(H8,25,26,27,28,29,32,35,36,37,38,39,40,41,42)/p+1. The van der Waals surface area contributed by atoms with Crippen molar-refractivity contribution in [3.63, 3.8) is 0 Å². The summed E-state index contributed by atoms with van der Waals surface area (Å²) >= 11 is 0. The van der Waals surface area contributed by atoms with Gasteiger partial charge < -0.3 is 50.9 Å². The van der Waals surface area contributed by atoms with E-state index in [-0.39, 0.29) is 41.3 Å².